The minimum Gasteiger partial charge on any atom is -0.364 e. The summed E-state index contributed by atoms with van der Waals surface area (Å²) < 4.78 is 28.8. The van der Waals surface area contributed by atoms with Gasteiger partial charge in [-0.3, -0.25) is 0 Å². The van der Waals surface area contributed by atoms with Crippen molar-refractivity contribution in [2.75, 3.05) is 5.75 Å². The number of hydrogen-bond acceptors (Lipinski definition) is 5. The Morgan fingerprint density at radius 2 is 2.16 bits per heavy atom. The van der Waals surface area contributed by atoms with E-state index in [2.05, 4.69) is 10.5 Å². The molecular weight excluding hydrogens is 264 g/mol. The Morgan fingerprint density at radius 1 is 1.32 bits per heavy atom. The van der Waals surface area contributed by atoms with E-state index < -0.39 is 9.84 Å². The molecule has 0 bridgehead atoms. The number of nitrogens with zero attached hydrogens (tertiary/aromatic N) is 1. The molecule has 0 spiro atoms. The normalized spacial score (nSPS) is 20.9. The smallest absolute Gasteiger partial charge is 0.178 e. The van der Waals surface area contributed by atoms with Gasteiger partial charge >= 0.3 is 0 Å². The van der Waals surface area contributed by atoms with Crippen molar-refractivity contribution < 1.29 is 12.9 Å². The van der Waals surface area contributed by atoms with E-state index in [9.17, 15) is 8.42 Å². The average Bonchev–Trinajstić information content (AvgIpc) is 2.91. The molecule has 0 saturated carbocycles. The van der Waals surface area contributed by atoms with Crippen LogP contribution in [0.1, 0.15) is 23.7 Å². The zero-order chi connectivity index (χ0) is 13.3. The second-order valence-corrected chi connectivity index (χ2v) is 6.65. The third kappa shape index (κ3) is 2.41. The highest BCUT2D eigenvalue weighted by Crippen LogP contribution is 2.31. The summed E-state index contributed by atoms with van der Waals surface area (Å²) in [5, 5.41) is 7.16. The minimum absolute atomic E-state index is 0.0384. The third-order valence-electron chi connectivity index (χ3n) is 3.33. The molecule has 1 atom stereocenters. The maximum atomic E-state index is 12.0. The molecule has 0 radical (unpaired) electrons. The molecule has 19 heavy (non-hydrogen) atoms. The van der Waals surface area contributed by atoms with Crippen LogP contribution in [0.5, 0.6) is 0 Å². The number of aromatic nitrogens is 1. The van der Waals surface area contributed by atoms with Gasteiger partial charge in [-0.15, -0.1) is 0 Å². The fourth-order valence-corrected chi connectivity index (χ4v) is 3.98. The second kappa shape index (κ2) is 4.79. The summed E-state index contributed by atoms with van der Waals surface area (Å²) in [5.74, 6) is 0.181. The molecule has 3 rings (SSSR count). The van der Waals surface area contributed by atoms with Gasteiger partial charge in [0.25, 0.3) is 0 Å². The fraction of sp³-hybridized carbons (Fsp3) is 0.308. The first-order chi connectivity index (χ1) is 9.17. The molecule has 0 saturated heterocycles. The van der Waals surface area contributed by atoms with E-state index in [-0.39, 0.29) is 11.8 Å². The lowest BCUT2D eigenvalue weighted by molar-refractivity contribution is 0.402. The molecule has 1 aliphatic rings. The van der Waals surface area contributed by atoms with Crippen molar-refractivity contribution in [1.29, 1.82) is 0 Å². The molecule has 1 aromatic carbocycles. The van der Waals surface area contributed by atoms with Crippen molar-refractivity contribution in [3.05, 3.63) is 47.9 Å². The van der Waals surface area contributed by atoms with Crippen LogP contribution < -0.4 is 5.32 Å². The molecule has 2 heterocycles. The van der Waals surface area contributed by atoms with Crippen molar-refractivity contribution in [3.63, 3.8) is 0 Å². The van der Waals surface area contributed by atoms with Gasteiger partial charge in [0.2, 0.25) is 0 Å². The van der Waals surface area contributed by atoms with E-state index in [4.69, 9.17) is 4.52 Å². The minimum atomic E-state index is -3.12. The van der Waals surface area contributed by atoms with Gasteiger partial charge in [-0.05, 0) is 18.1 Å². The first kappa shape index (κ1) is 12.4. The van der Waals surface area contributed by atoms with E-state index in [0.717, 1.165) is 11.3 Å². The lowest BCUT2D eigenvalue weighted by Gasteiger charge is -2.26. The summed E-state index contributed by atoms with van der Waals surface area (Å²) >= 11 is 0. The van der Waals surface area contributed by atoms with Crippen LogP contribution in [0.4, 0.5) is 0 Å². The molecule has 5 nitrogen and oxygen atoms in total. The Balaban J connectivity index is 1.84. The maximum Gasteiger partial charge on any atom is 0.178 e. The molecule has 6 heteroatoms. The van der Waals surface area contributed by atoms with Gasteiger partial charge in [0.1, 0.15) is 6.26 Å². The van der Waals surface area contributed by atoms with Crippen molar-refractivity contribution >= 4 is 9.84 Å². The van der Waals surface area contributed by atoms with Gasteiger partial charge < -0.3 is 9.84 Å². The van der Waals surface area contributed by atoms with Gasteiger partial charge in [0.05, 0.1) is 16.3 Å². The maximum absolute atomic E-state index is 12.0. The van der Waals surface area contributed by atoms with Crippen LogP contribution in [-0.2, 0) is 16.4 Å². The number of fused-ring (bicyclic) bond motifs is 1. The Labute approximate surface area is 111 Å². The molecule has 1 aromatic heterocycles. The topological polar surface area (TPSA) is 72.2 Å². The van der Waals surface area contributed by atoms with Crippen LogP contribution in [0.3, 0.4) is 0 Å². The van der Waals surface area contributed by atoms with Gasteiger partial charge in [-0.2, -0.15) is 0 Å². The zero-order valence-corrected chi connectivity index (χ0v) is 11.1. The summed E-state index contributed by atoms with van der Waals surface area (Å²) in [4.78, 5) is 0.443. The summed E-state index contributed by atoms with van der Waals surface area (Å²) in [7, 11) is -3.12. The van der Waals surface area contributed by atoms with E-state index in [0.29, 0.717) is 17.9 Å². The molecule has 0 aliphatic carbocycles. The predicted octanol–water partition coefficient (Wildman–Crippen LogP) is 1.68. The van der Waals surface area contributed by atoms with Crippen LogP contribution in [0.15, 0.2) is 46.0 Å². The molecule has 100 valence electrons. The number of nitrogens with one attached hydrogen (secondary N) is 1. The number of benzene rings is 1. The van der Waals surface area contributed by atoms with Crippen LogP contribution in [0, 0.1) is 0 Å². The molecule has 1 unspecified atom stereocenters. The molecule has 2 aromatic rings. The first-order valence-electron chi connectivity index (χ1n) is 6.11. The summed E-state index contributed by atoms with van der Waals surface area (Å²) in [5.41, 5.74) is 1.66. The van der Waals surface area contributed by atoms with Crippen LogP contribution in [0.2, 0.25) is 0 Å². The average molecular weight is 278 g/mol. The number of rotatable bonds is 3. The molecule has 0 fully saturated rings. The lowest BCUT2D eigenvalue weighted by atomic mass is 10.0. The summed E-state index contributed by atoms with van der Waals surface area (Å²) in [6.07, 6.45) is 2.10. The van der Waals surface area contributed by atoms with Crippen LogP contribution in [-0.4, -0.2) is 19.3 Å². The molecular formula is C13H14N2O3S. The third-order valence-corrected chi connectivity index (χ3v) is 5.14. The van der Waals surface area contributed by atoms with Crippen molar-refractivity contribution in [3.8, 4) is 0 Å². The van der Waals surface area contributed by atoms with Crippen LogP contribution in [0.25, 0.3) is 0 Å². The fourth-order valence-electron chi connectivity index (χ4n) is 2.36. The Morgan fingerprint density at radius 3 is 2.95 bits per heavy atom. The van der Waals surface area contributed by atoms with Crippen molar-refractivity contribution in [2.45, 2.75) is 23.9 Å². The zero-order valence-electron chi connectivity index (χ0n) is 10.2. The monoisotopic (exact) mass is 278 g/mol. The highest BCUT2D eigenvalue weighted by Gasteiger charge is 2.29. The lowest BCUT2D eigenvalue weighted by Crippen LogP contribution is -2.29. The second-order valence-electron chi connectivity index (χ2n) is 4.57. The van der Waals surface area contributed by atoms with E-state index in [1.54, 1.807) is 18.2 Å². The molecule has 1 N–H and O–H groups in total. The predicted molar refractivity (Wildman–Crippen MR) is 69.2 cm³/mol. The Bertz CT molecular complexity index is 665. The van der Waals surface area contributed by atoms with Crippen LogP contribution >= 0.6 is 0 Å². The standard InChI is InChI=1S/C13H14N2O3S/c16-19(17)8-6-12(11-3-1-2-4-13(11)19)14-9-10-5-7-18-15-10/h1-5,7,12,14H,6,8-9H2. The van der Waals surface area contributed by atoms with Gasteiger partial charge in [-0.1, -0.05) is 23.4 Å². The largest absolute Gasteiger partial charge is 0.364 e. The van der Waals surface area contributed by atoms with Gasteiger partial charge in [0.15, 0.2) is 9.84 Å². The SMILES string of the molecule is O=S1(=O)CCC(NCc2ccon2)c2ccccc21. The summed E-state index contributed by atoms with van der Waals surface area (Å²) in [6, 6.07) is 9.00. The first-order valence-corrected chi connectivity index (χ1v) is 7.76. The van der Waals surface area contributed by atoms with Crippen molar-refractivity contribution in [1.82, 2.24) is 10.5 Å². The number of sulfone groups is 1. The molecule has 0 amide bonds. The number of hydrogen-bond donors (Lipinski definition) is 1. The highest BCUT2D eigenvalue weighted by atomic mass is 32.2. The van der Waals surface area contributed by atoms with E-state index >= 15 is 0 Å². The Hall–Kier alpha value is -1.66. The van der Waals surface area contributed by atoms with Gasteiger partial charge in [-0.25, -0.2) is 8.42 Å². The van der Waals surface area contributed by atoms with Crippen molar-refractivity contribution in [2.24, 2.45) is 0 Å². The quantitative estimate of drug-likeness (QED) is 0.925. The summed E-state index contributed by atoms with van der Waals surface area (Å²) in [6.45, 7) is 0.565. The van der Waals surface area contributed by atoms with E-state index in [1.165, 1.54) is 6.26 Å². The van der Waals surface area contributed by atoms with E-state index in [1.807, 2.05) is 12.1 Å². The molecule has 1 aliphatic heterocycles. The van der Waals surface area contributed by atoms with Gasteiger partial charge in [0, 0.05) is 18.7 Å². The highest BCUT2D eigenvalue weighted by molar-refractivity contribution is 7.91. The Kier molecular flexibility index (Phi) is 3.12.